The van der Waals surface area contributed by atoms with Gasteiger partial charge in [-0.05, 0) is 13.0 Å². The van der Waals surface area contributed by atoms with Crippen LogP contribution >= 0.6 is 0 Å². The highest BCUT2D eigenvalue weighted by molar-refractivity contribution is 5.45. The predicted molar refractivity (Wildman–Crippen MR) is 46.5 cm³/mol. The molecule has 0 saturated heterocycles. The predicted octanol–water partition coefficient (Wildman–Crippen LogP) is 1.73. The molecule has 82 valence electrons. The SMILES string of the molecule is Cc1cc(CO)nc(C(F)F)c1[N+](=O)[O-]. The van der Waals surface area contributed by atoms with Crippen molar-refractivity contribution >= 4 is 5.69 Å². The Kier molecular flexibility index (Phi) is 3.25. The Morgan fingerprint density at radius 3 is 2.67 bits per heavy atom. The number of rotatable bonds is 3. The monoisotopic (exact) mass is 218 g/mol. The number of aliphatic hydroxyl groups is 1. The lowest BCUT2D eigenvalue weighted by molar-refractivity contribution is -0.387. The lowest BCUT2D eigenvalue weighted by atomic mass is 10.1. The number of aliphatic hydroxyl groups excluding tert-OH is 1. The minimum Gasteiger partial charge on any atom is -0.390 e. The number of nitrogens with zero attached hydrogens (tertiary/aromatic N) is 2. The largest absolute Gasteiger partial charge is 0.390 e. The quantitative estimate of drug-likeness (QED) is 0.619. The van der Waals surface area contributed by atoms with E-state index in [1.54, 1.807) is 0 Å². The molecule has 0 amide bonds. The highest BCUT2D eigenvalue weighted by atomic mass is 19.3. The maximum atomic E-state index is 12.4. The molecule has 1 N–H and O–H groups in total. The van der Waals surface area contributed by atoms with Crippen molar-refractivity contribution in [3.05, 3.63) is 33.1 Å². The first kappa shape index (κ1) is 11.4. The molecular weight excluding hydrogens is 210 g/mol. The Hall–Kier alpha value is -1.63. The van der Waals surface area contributed by atoms with Gasteiger partial charge in [-0.25, -0.2) is 13.8 Å². The van der Waals surface area contributed by atoms with Gasteiger partial charge in [0.25, 0.3) is 12.1 Å². The minimum atomic E-state index is -3.03. The van der Waals surface area contributed by atoms with Crippen LogP contribution in [-0.4, -0.2) is 15.0 Å². The van der Waals surface area contributed by atoms with Crippen LogP contribution in [-0.2, 0) is 6.61 Å². The summed E-state index contributed by atoms with van der Waals surface area (Å²) in [5.74, 6) is 0. The molecular formula is C8H8F2N2O3. The van der Waals surface area contributed by atoms with Crippen molar-refractivity contribution in [1.29, 1.82) is 0 Å². The van der Waals surface area contributed by atoms with Crippen LogP contribution in [0.1, 0.15) is 23.4 Å². The van der Waals surface area contributed by atoms with Crippen LogP contribution in [0.25, 0.3) is 0 Å². The summed E-state index contributed by atoms with van der Waals surface area (Å²) in [6, 6.07) is 1.21. The molecule has 15 heavy (non-hydrogen) atoms. The summed E-state index contributed by atoms with van der Waals surface area (Å²) >= 11 is 0. The van der Waals surface area contributed by atoms with Crippen LogP contribution in [0.5, 0.6) is 0 Å². The molecule has 1 rings (SSSR count). The molecule has 0 unspecified atom stereocenters. The van der Waals surface area contributed by atoms with E-state index < -0.39 is 29.3 Å². The van der Waals surface area contributed by atoms with Crippen molar-refractivity contribution in [1.82, 2.24) is 4.98 Å². The van der Waals surface area contributed by atoms with E-state index in [1.165, 1.54) is 13.0 Å². The van der Waals surface area contributed by atoms with Gasteiger partial charge < -0.3 is 5.11 Å². The molecule has 1 heterocycles. The number of hydrogen-bond acceptors (Lipinski definition) is 4. The van der Waals surface area contributed by atoms with E-state index >= 15 is 0 Å². The second-order valence-electron chi connectivity index (χ2n) is 2.88. The second-order valence-corrected chi connectivity index (χ2v) is 2.88. The van der Waals surface area contributed by atoms with Gasteiger partial charge >= 0.3 is 0 Å². The molecule has 0 atom stereocenters. The number of nitro groups is 1. The molecule has 0 fully saturated rings. The Morgan fingerprint density at radius 2 is 2.27 bits per heavy atom. The third-order valence-corrected chi connectivity index (χ3v) is 1.81. The second kappa shape index (κ2) is 4.26. The summed E-state index contributed by atoms with van der Waals surface area (Å²) in [6.07, 6.45) is -3.03. The highest BCUT2D eigenvalue weighted by Gasteiger charge is 2.26. The Morgan fingerprint density at radius 1 is 1.67 bits per heavy atom. The zero-order chi connectivity index (χ0) is 11.6. The molecule has 0 radical (unpaired) electrons. The van der Waals surface area contributed by atoms with E-state index in [4.69, 9.17) is 5.11 Å². The zero-order valence-electron chi connectivity index (χ0n) is 7.78. The lowest BCUT2D eigenvalue weighted by Gasteiger charge is -2.05. The number of halogens is 2. The van der Waals surface area contributed by atoms with Crippen LogP contribution < -0.4 is 0 Å². The summed E-state index contributed by atoms with van der Waals surface area (Å²) in [7, 11) is 0. The third kappa shape index (κ3) is 2.24. The molecule has 0 bridgehead atoms. The van der Waals surface area contributed by atoms with Crippen LogP contribution in [0.4, 0.5) is 14.5 Å². The van der Waals surface area contributed by atoms with Gasteiger partial charge in [0, 0.05) is 5.56 Å². The van der Waals surface area contributed by atoms with E-state index in [0.29, 0.717) is 0 Å². The van der Waals surface area contributed by atoms with E-state index in [1.807, 2.05) is 0 Å². The standard InChI is InChI=1S/C8H8F2N2O3/c1-4-2-5(3-13)11-6(8(9)10)7(4)12(14)15/h2,8,13H,3H2,1H3. The topological polar surface area (TPSA) is 76.3 Å². The average Bonchev–Trinajstić information content (AvgIpc) is 2.15. The van der Waals surface area contributed by atoms with Gasteiger partial charge in [-0.3, -0.25) is 10.1 Å². The van der Waals surface area contributed by atoms with Crippen LogP contribution in [0.3, 0.4) is 0 Å². The third-order valence-electron chi connectivity index (χ3n) is 1.81. The van der Waals surface area contributed by atoms with Crippen LogP contribution in [0.15, 0.2) is 6.07 Å². The van der Waals surface area contributed by atoms with Crippen molar-refractivity contribution in [2.75, 3.05) is 0 Å². The molecule has 0 aliphatic heterocycles. The lowest BCUT2D eigenvalue weighted by Crippen LogP contribution is -2.04. The van der Waals surface area contributed by atoms with Crippen molar-refractivity contribution in [3.63, 3.8) is 0 Å². The summed E-state index contributed by atoms with van der Waals surface area (Å²) in [5.41, 5.74) is -1.53. The summed E-state index contributed by atoms with van der Waals surface area (Å²) in [6.45, 7) is 0.795. The molecule has 0 aliphatic carbocycles. The molecule has 0 saturated carbocycles. The van der Waals surface area contributed by atoms with Gasteiger partial charge in [-0.15, -0.1) is 0 Å². The van der Waals surface area contributed by atoms with Gasteiger partial charge in [0.05, 0.1) is 17.2 Å². The van der Waals surface area contributed by atoms with Crippen molar-refractivity contribution in [2.45, 2.75) is 20.0 Å². The molecule has 5 nitrogen and oxygen atoms in total. The number of aromatic nitrogens is 1. The fourth-order valence-corrected chi connectivity index (χ4v) is 1.23. The normalized spacial score (nSPS) is 10.7. The van der Waals surface area contributed by atoms with Crippen molar-refractivity contribution in [2.24, 2.45) is 0 Å². The number of hydrogen-bond donors (Lipinski definition) is 1. The summed E-state index contributed by atoms with van der Waals surface area (Å²) in [4.78, 5) is 12.9. The molecule has 7 heteroatoms. The van der Waals surface area contributed by atoms with Crippen molar-refractivity contribution < 1.29 is 18.8 Å². The zero-order valence-corrected chi connectivity index (χ0v) is 7.78. The molecule has 1 aromatic rings. The van der Waals surface area contributed by atoms with Gasteiger partial charge in [-0.1, -0.05) is 0 Å². The molecule has 0 spiro atoms. The first-order chi connectivity index (χ1) is 6.97. The highest BCUT2D eigenvalue weighted by Crippen LogP contribution is 2.30. The first-order valence-corrected chi connectivity index (χ1v) is 4.01. The minimum absolute atomic E-state index is 0.00611. The van der Waals surface area contributed by atoms with Gasteiger partial charge in [0.2, 0.25) is 0 Å². The number of alkyl halides is 2. The Balaban J connectivity index is 3.42. The van der Waals surface area contributed by atoms with Crippen LogP contribution in [0.2, 0.25) is 0 Å². The average molecular weight is 218 g/mol. The summed E-state index contributed by atoms with van der Waals surface area (Å²) in [5, 5.41) is 19.2. The molecule has 0 aliphatic rings. The fraction of sp³-hybridized carbons (Fsp3) is 0.375. The van der Waals surface area contributed by atoms with E-state index in [-0.39, 0.29) is 11.3 Å². The Labute approximate surface area is 83.5 Å². The maximum Gasteiger partial charge on any atom is 0.299 e. The smallest absolute Gasteiger partial charge is 0.299 e. The van der Waals surface area contributed by atoms with Gasteiger partial charge in [0.15, 0.2) is 5.69 Å². The fourth-order valence-electron chi connectivity index (χ4n) is 1.23. The van der Waals surface area contributed by atoms with Crippen molar-refractivity contribution in [3.8, 4) is 0 Å². The molecule has 1 aromatic heterocycles. The summed E-state index contributed by atoms with van der Waals surface area (Å²) < 4.78 is 24.9. The van der Waals surface area contributed by atoms with E-state index in [0.717, 1.165) is 0 Å². The maximum absolute atomic E-state index is 12.4. The Bertz CT molecular complexity index is 396. The first-order valence-electron chi connectivity index (χ1n) is 4.01. The van der Waals surface area contributed by atoms with Crippen LogP contribution in [0, 0.1) is 17.0 Å². The number of pyridine rings is 1. The molecule has 0 aromatic carbocycles. The van der Waals surface area contributed by atoms with E-state index in [2.05, 4.69) is 4.98 Å². The van der Waals surface area contributed by atoms with E-state index in [9.17, 15) is 18.9 Å². The number of aryl methyl sites for hydroxylation is 1. The van der Waals surface area contributed by atoms with Gasteiger partial charge in [-0.2, -0.15) is 0 Å². The van der Waals surface area contributed by atoms with Gasteiger partial charge in [0.1, 0.15) is 0 Å².